The number of aromatic nitrogens is 1. The average molecular weight is 359 g/mol. The molecule has 0 saturated carbocycles. The van der Waals surface area contributed by atoms with Crippen LogP contribution >= 0.6 is 22.7 Å². The van der Waals surface area contributed by atoms with Crippen LogP contribution in [0.2, 0.25) is 0 Å². The molecule has 1 amide bonds. The fraction of sp³-hybridized carbons (Fsp3) is 0.125. The van der Waals surface area contributed by atoms with E-state index in [9.17, 15) is 14.9 Å². The second-order valence-electron chi connectivity index (χ2n) is 5.13. The van der Waals surface area contributed by atoms with E-state index in [-0.39, 0.29) is 10.9 Å². The van der Waals surface area contributed by atoms with Gasteiger partial charge < -0.3 is 0 Å². The zero-order valence-electron chi connectivity index (χ0n) is 12.9. The molecule has 122 valence electrons. The number of rotatable bonds is 4. The molecule has 2 aromatic heterocycles. The molecular formula is C16H13N3O3S2. The van der Waals surface area contributed by atoms with Crippen LogP contribution in [0.3, 0.4) is 0 Å². The van der Waals surface area contributed by atoms with Crippen molar-refractivity contribution < 1.29 is 9.72 Å². The Hall–Kier alpha value is -2.58. The van der Waals surface area contributed by atoms with Gasteiger partial charge in [0.2, 0.25) is 5.91 Å². The summed E-state index contributed by atoms with van der Waals surface area (Å²) in [7, 11) is 0. The Bertz CT molecular complexity index is 972. The molecule has 1 N–H and O–H groups in total. The molecule has 2 heterocycles. The molecule has 8 heteroatoms. The highest BCUT2D eigenvalue weighted by Crippen LogP contribution is 2.29. The Kier molecular flexibility index (Phi) is 4.41. The fourth-order valence-electron chi connectivity index (χ4n) is 2.11. The number of nitro groups is 1. The van der Waals surface area contributed by atoms with E-state index in [2.05, 4.69) is 10.3 Å². The first kappa shape index (κ1) is 16.3. The molecule has 0 aliphatic carbocycles. The molecule has 24 heavy (non-hydrogen) atoms. The molecule has 0 fully saturated rings. The highest BCUT2D eigenvalue weighted by Gasteiger charge is 2.10. The van der Waals surface area contributed by atoms with Crippen LogP contribution in [0, 0.1) is 24.0 Å². The van der Waals surface area contributed by atoms with Gasteiger partial charge in [-0.1, -0.05) is 28.7 Å². The summed E-state index contributed by atoms with van der Waals surface area (Å²) in [5.74, 6) is -0.320. The minimum Gasteiger partial charge on any atom is -0.298 e. The first-order valence-electron chi connectivity index (χ1n) is 7.04. The summed E-state index contributed by atoms with van der Waals surface area (Å²) in [6, 6.07) is 7.05. The van der Waals surface area contributed by atoms with Crippen molar-refractivity contribution in [3.63, 3.8) is 0 Å². The topological polar surface area (TPSA) is 85.1 Å². The van der Waals surface area contributed by atoms with Crippen molar-refractivity contribution >= 4 is 55.0 Å². The van der Waals surface area contributed by atoms with Crippen LogP contribution in [0.15, 0.2) is 30.3 Å². The molecule has 3 rings (SSSR count). The number of thiophene rings is 1. The average Bonchev–Trinajstić information content (AvgIpc) is 3.16. The van der Waals surface area contributed by atoms with Crippen molar-refractivity contribution in [3.05, 3.63) is 56.5 Å². The number of carbonyl (C=O) groups is 1. The van der Waals surface area contributed by atoms with Gasteiger partial charge in [0.1, 0.15) is 0 Å². The number of anilines is 1. The number of carbonyl (C=O) groups excluding carboxylic acids is 1. The number of nitrogens with one attached hydrogen (secondary N) is 1. The number of nitrogens with zero attached hydrogens (tertiary/aromatic N) is 2. The molecule has 6 nitrogen and oxygen atoms in total. The van der Waals surface area contributed by atoms with Gasteiger partial charge in [0.15, 0.2) is 5.13 Å². The quantitative estimate of drug-likeness (QED) is 0.421. The minimum atomic E-state index is -0.451. The van der Waals surface area contributed by atoms with Crippen molar-refractivity contribution in [2.24, 2.45) is 0 Å². The SMILES string of the molecule is Cc1ccc2sc(NC(=O)C=Cc3ccc([N+](=O)[O-])s3)nc2c1C. The van der Waals surface area contributed by atoms with E-state index in [4.69, 9.17) is 0 Å². The fourth-order valence-corrected chi connectivity index (χ4v) is 3.77. The van der Waals surface area contributed by atoms with Gasteiger partial charge in [0, 0.05) is 17.0 Å². The van der Waals surface area contributed by atoms with E-state index in [1.165, 1.54) is 23.5 Å². The number of amides is 1. The van der Waals surface area contributed by atoms with Gasteiger partial charge in [0.05, 0.1) is 15.1 Å². The van der Waals surface area contributed by atoms with E-state index in [1.807, 2.05) is 26.0 Å². The summed E-state index contributed by atoms with van der Waals surface area (Å²) in [5.41, 5.74) is 3.16. The van der Waals surface area contributed by atoms with Crippen molar-refractivity contribution in [2.75, 3.05) is 5.32 Å². The number of benzene rings is 1. The number of fused-ring (bicyclic) bond motifs is 1. The lowest BCUT2D eigenvalue weighted by Gasteiger charge is -1.98. The van der Waals surface area contributed by atoms with Crippen molar-refractivity contribution in [1.82, 2.24) is 4.98 Å². The smallest absolute Gasteiger partial charge is 0.298 e. The third-order valence-electron chi connectivity index (χ3n) is 3.51. The molecule has 0 saturated heterocycles. The van der Waals surface area contributed by atoms with Crippen LogP contribution in [0.4, 0.5) is 10.1 Å². The van der Waals surface area contributed by atoms with E-state index in [0.29, 0.717) is 10.0 Å². The van der Waals surface area contributed by atoms with E-state index in [0.717, 1.165) is 32.7 Å². The molecule has 0 atom stereocenters. The largest absolute Gasteiger partial charge is 0.324 e. The second kappa shape index (κ2) is 6.50. The van der Waals surface area contributed by atoms with Crippen molar-refractivity contribution in [2.45, 2.75) is 13.8 Å². The highest BCUT2D eigenvalue weighted by atomic mass is 32.1. The standard InChI is InChI=1S/C16H13N3O3S2/c1-9-3-6-12-15(10(9)2)18-16(24-12)17-13(20)7-4-11-5-8-14(23-11)19(21)22/h3-8H,1-2H3,(H,17,18,20). The summed E-state index contributed by atoms with van der Waals surface area (Å²) >= 11 is 2.43. The number of hydrogen-bond donors (Lipinski definition) is 1. The van der Waals surface area contributed by atoms with Crippen LogP contribution in [0.1, 0.15) is 16.0 Å². The Labute approximate surface area is 145 Å². The van der Waals surface area contributed by atoms with Crippen LogP contribution < -0.4 is 5.32 Å². The van der Waals surface area contributed by atoms with Crippen molar-refractivity contribution in [1.29, 1.82) is 0 Å². The Morgan fingerprint density at radius 3 is 2.75 bits per heavy atom. The normalized spacial score (nSPS) is 11.2. The summed E-state index contributed by atoms with van der Waals surface area (Å²) < 4.78 is 1.02. The molecule has 0 unspecified atom stereocenters. The molecule has 0 radical (unpaired) electrons. The van der Waals surface area contributed by atoms with E-state index >= 15 is 0 Å². The zero-order valence-corrected chi connectivity index (χ0v) is 14.5. The minimum absolute atomic E-state index is 0.0482. The van der Waals surface area contributed by atoms with Gasteiger partial charge in [-0.3, -0.25) is 20.2 Å². The molecule has 3 aromatic rings. The molecular weight excluding hydrogens is 346 g/mol. The summed E-state index contributed by atoms with van der Waals surface area (Å²) in [4.78, 5) is 27.3. The van der Waals surface area contributed by atoms with Crippen LogP contribution in [0.5, 0.6) is 0 Å². The molecule has 0 aliphatic heterocycles. The predicted molar refractivity (Wildman–Crippen MR) is 97.7 cm³/mol. The van der Waals surface area contributed by atoms with Crippen LogP contribution in [-0.2, 0) is 4.79 Å². The van der Waals surface area contributed by atoms with Gasteiger partial charge in [-0.15, -0.1) is 0 Å². The van der Waals surface area contributed by atoms with Gasteiger partial charge in [-0.25, -0.2) is 4.98 Å². The lowest BCUT2D eigenvalue weighted by Crippen LogP contribution is -2.07. The summed E-state index contributed by atoms with van der Waals surface area (Å²) in [5, 5.41) is 13.9. The Balaban J connectivity index is 1.73. The third-order valence-corrected chi connectivity index (χ3v) is 5.44. The summed E-state index contributed by atoms with van der Waals surface area (Å²) in [6.07, 6.45) is 2.90. The molecule has 0 spiro atoms. The molecule has 1 aromatic carbocycles. The Morgan fingerprint density at radius 2 is 2.04 bits per heavy atom. The van der Waals surface area contributed by atoms with Gasteiger partial charge in [-0.05, 0) is 43.2 Å². The first-order valence-corrected chi connectivity index (χ1v) is 8.67. The van der Waals surface area contributed by atoms with E-state index < -0.39 is 4.92 Å². The summed E-state index contributed by atoms with van der Waals surface area (Å²) in [6.45, 7) is 4.03. The number of thiazole rings is 1. The lowest BCUT2D eigenvalue weighted by molar-refractivity contribution is -0.380. The van der Waals surface area contributed by atoms with Crippen LogP contribution in [-0.4, -0.2) is 15.8 Å². The maximum absolute atomic E-state index is 12.0. The zero-order chi connectivity index (χ0) is 17.3. The maximum Gasteiger partial charge on any atom is 0.324 e. The predicted octanol–water partition coefficient (Wildman–Crippen LogP) is 4.53. The van der Waals surface area contributed by atoms with E-state index in [1.54, 1.807) is 12.1 Å². The number of hydrogen-bond acceptors (Lipinski definition) is 6. The third kappa shape index (κ3) is 3.34. The molecule has 0 aliphatic rings. The van der Waals surface area contributed by atoms with Crippen LogP contribution in [0.25, 0.3) is 16.3 Å². The second-order valence-corrected chi connectivity index (χ2v) is 7.25. The van der Waals surface area contributed by atoms with Gasteiger partial charge in [-0.2, -0.15) is 0 Å². The number of aryl methyl sites for hydroxylation is 2. The lowest BCUT2D eigenvalue weighted by atomic mass is 10.1. The monoisotopic (exact) mass is 359 g/mol. The highest BCUT2D eigenvalue weighted by molar-refractivity contribution is 7.22. The van der Waals surface area contributed by atoms with Gasteiger partial charge >= 0.3 is 5.00 Å². The first-order chi connectivity index (χ1) is 11.4. The molecule has 0 bridgehead atoms. The van der Waals surface area contributed by atoms with Crippen molar-refractivity contribution in [3.8, 4) is 0 Å². The maximum atomic E-state index is 12.0. The Morgan fingerprint density at radius 1 is 1.25 bits per heavy atom. The van der Waals surface area contributed by atoms with Gasteiger partial charge in [0.25, 0.3) is 0 Å².